The standard InChI is InChI=1S/C35H25Se2/c1-3-11-24(12-4-1)34-22-30(28-15-7-9-17-32(28)36-34)26-19-20-27(21-26)31-23-35(25-13-5-2-6-14-25)37-33-18-10-8-16-29(31)33/h1-18,21-23H,19-20H2/q+1. The van der Waals surface area contributed by atoms with Crippen molar-refractivity contribution in [1.29, 1.82) is 0 Å². The summed E-state index contributed by atoms with van der Waals surface area (Å²) in [5, 5.41) is 1.42. The van der Waals surface area contributed by atoms with Crippen LogP contribution in [0.15, 0.2) is 133 Å². The van der Waals surface area contributed by atoms with Gasteiger partial charge < -0.3 is 0 Å². The molecule has 1 aliphatic heterocycles. The molecule has 7 rings (SSSR count). The average molecular weight is 604 g/mol. The normalized spacial score (nSPS) is 16.9. The van der Waals surface area contributed by atoms with Crippen molar-refractivity contribution in [3.8, 4) is 10.0 Å². The molecule has 0 atom stereocenters. The molecule has 0 saturated carbocycles. The molecule has 2 heteroatoms. The fourth-order valence-electron chi connectivity index (χ4n) is 5.34. The molecular formula is C35H25Se2+. The van der Waals surface area contributed by atoms with E-state index >= 15 is 0 Å². The monoisotopic (exact) mass is 605 g/mol. The first-order chi connectivity index (χ1) is 18.3. The van der Waals surface area contributed by atoms with Crippen LogP contribution in [0.5, 0.6) is 0 Å². The van der Waals surface area contributed by atoms with E-state index in [9.17, 15) is 0 Å². The number of hydrogen-bond acceptors (Lipinski definition) is 0. The average Bonchev–Trinajstić information content (AvgIpc) is 3.47. The summed E-state index contributed by atoms with van der Waals surface area (Å²) in [6.07, 6.45) is 7.18. The fourth-order valence-corrected chi connectivity index (χ4v) is 9.96. The van der Waals surface area contributed by atoms with Crippen LogP contribution in [0.1, 0.15) is 29.5 Å². The van der Waals surface area contributed by atoms with Gasteiger partial charge in [-0.05, 0) is 0 Å². The van der Waals surface area contributed by atoms with Crippen molar-refractivity contribution in [3.05, 3.63) is 150 Å². The van der Waals surface area contributed by atoms with E-state index in [-0.39, 0.29) is 0 Å². The molecule has 1 aliphatic carbocycles. The summed E-state index contributed by atoms with van der Waals surface area (Å²) in [6.45, 7) is 0. The van der Waals surface area contributed by atoms with Gasteiger partial charge in [-0.25, -0.2) is 0 Å². The molecule has 4 aromatic carbocycles. The molecule has 0 N–H and O–H groups in total. The summed E-state index contributed by atoms with van der Waals surface area (Å²) in [5.74, 6) is 0. The van der Waals surface area contributed by atoms with Crippen molar-refractivity contribution in [2.24, 2.45) is 0 Å². The fraction of sp³-hybridized carbons (Fsp3) is 0.0571. The van der Waals surface area contributed by atoms with Crippen LogP contribution in [0.4, 0.5) is 0 Å². The molecule has 37 heavy (non-hydrogen) atoms. The molecule has 0 nitrogen and oxygen atoms in total. The molecule has 0 amide bonds. The predicted molar refractivity (Wildman–Crippen MR) is 161 cm³/mol. The third kappa shape index (κ3) is 4.41. The molecule has 2 aliphatic rings. The van der Waals surface area contributed by atoms with E-state index < -0.39 is 0 Å². The first kappa shape index (κ1) is 22.9. The Hall–Kier alpha value is -3.25. The van der Waals surface area contributed by atoms with Crippen LogP contribution in [0.2, 0.25) is 0 Å². The van der Waals surface area contributed by atoms with Gasteiger partial charge in [-0.3, -0.25) is 0 Å². The van der Waals surface area contributed by atoms with Crippen molar-refractivity contribution in [1.82, 2.24) is 0 Å². The van der Waals surface area contributed by atoms with E-state index in [4.69, 9.17) is 0 Å². The number of benzene rings is 4. The zero-order valence-corrected chi connectivity index (χ0v) is 23.8. The van der Waals surface area contributed by atoms with Crippen LogP contribution in [0, 0.1) is 0 Å². The summed E-state index contributed by atoms with van der Waals surface area (Å²) < 4.78 is 5.93. The van der Waals surface area contributed by atoms with E-state index in [1.165, 1.54) is 62.0 Å². The van der Waals surface area contributed by atoms with Gasteiger partial charge in [0, 0.05) is 0 Å². The van der Waals surface area contributed by atoms with Crippen LogP contribution in [0.25, 0.3) is 35.3 Å². The van der Waals surface area contributed by atoms with E-state index in [1.807, 2.05) is 0 Å². The molecule has 0 radical (unpaired) electrons. The van der Waals surface area contributed by atoms with E-state index in [0.29, 0.717) is 29.5 Å². The van der Waals surface area contributed by atoms with Gasteiger partial charge >= 0.3 is 232 Å². The Labute approximate surface area is 230 Å². The molecular weight excluding hydrogens is 578 g/mol. The zero-order valence-electron chi connectivity index (χ0n) is 20.4. The van der Waals surface area contributed by atoms with Crippen LogP contribution < -0.4 is 4.46 Å². The second-order valence-electron chi connectivity index (χ2n) is 9.47. The van der Waals surface area contributed by atoms with Crippen LogP contribution in [-0.4, -0.2) is 29.5 Å². The number of fused-ring (bicyclic) bond motifs is 2. The summed E-state index contributed by atoms with van der Waals surface area (Å²) in [5.41, 5.74) is 9.91. The van der Waals surface area contributed by atoms with Crippen LogP contribution in [0.3, 0.4) is 0 Å². The molecule has 1 aromatic heterocycles. The number of hydrogen-bond donors (Lipinski definition) is 0. The first-order valence-electron chi connectivity index (χ1n) is 12.7. The maximum absolute atomic E-state index is 2.51. The molecule has 0 fully saturated rings. The van der Waals surface area contributed by atoms with Crippen molar-refractivity contribution in [3.63, 3.8) is 0 Å². The second kappa shape index (κ2) is 9.90. The van der Waals surface area contributed by atoms with Gasteiger partial charge in [0.2, 0.25) is 0 Å². The Bertz CT molecular complexity index is 1720. The van der Waals surface area contributed by atoms with Crippen molar-refractivity contribution >= 4 is 59.2 Å². The van der Waals surface area contributed by atoms with Gasteiger partial charge in [-0.1, -0.05) is 0 Å². The Kier molecular flexibility index (Phi) is 6.13. The first-order valence-corrected chi connectivity index (χ1v) is 16.2. The number of rotatable bonds is 3. The number of allylic oxidation sites excluding steroid dienone is 5. The van der Waals surface area contributed by atoms with Crippen molar-refractivity contribution < 1.29 is 0 Å². The molecule has 0 spiro atoms. The second-order valence-corrected chi connectivity index (χ2v) is 14.0. The zero-order chi connectivity index (χ0) is 24.6. The minimum absolute atomic E-state index is 0.319. The van der Waals surface area contributed by atoms with Crippen molar-refractivity contribution in [2.75, 3.05) is 0 Å². The van der Waals surface area contributed by atoms with Gasteiger partial charge in [0.1, 0.15) is 0 Å². The SMILES string of the molecule is C1=C(c2ccccc2)[Se]c2ccccc2/C1=C1/C=C(c2cc(-c3ccccc3)[se+]c3ccccc23)CC1. The minimum atomic E-state index is 0.319. The topological polar surface area (TPSA) is 0 Å². The Morgan fingerprint density at radius 3 is 2.14 bits per heavy atom. The maximum atomic E-state index is 2.51. The summed E-state index contributed by atoms with van der Waals surface area (Å²) >= 11 is 0.638. The molecule has 0 unspecified atom stereocenters. The third-order valence-electron chi connectivity index (χ3n) is 7.17. The Morgan fingerprint density at radius 2 is 1.30 bits per heavy atom. The van der Waals surface area contributed by atoms with Gasteiger partial charge in [0.25, 0.3) is 0 Å². The van der Waals surface area contributed by atoms with Gasteiger partial charge in [0.05, 0.1) is 0 Å². The quantitative estimate of drug-likeness (QED) is 0.184. The molecule has 176 valence electrons. The van der Waals surface area contributed by atoms with Gasteiger partial charge in [-0.15, -0.1) is 0 Å². The van der Waals surface area contributed by atoms with E-state index in [1.54, 1.807) is 0 Å². The third-order valence-corrected chi connectivity index (χ3v) is 12.0. The molecule has 0 bridgehead atoms. The van der Waals surface area contributed by atoms with E-state index in [0.717, 1.165) is 12.8 Å². The Balaban J connectivity index is 1.39. The molecule has 0 saturated heterocycles. The van der Waals surface area contributed by atoms with Crippen molar-refractivity contribution in [2.45, 2.75) is 12.8 Å². The predicted octanol–water partition coefficient (Wildman–Crippen LogP) is 7.86. The van der Waals surface area contributed by atoms with Crippen LogP contribution in [-0.2, 0) is 0 Å². The van der Waals surface area contributed by atoms with Crippen LogP contribution >= 0.6 is 0 Å². The Morgan fingerprint density at radius 1 is 0.595 bits per heavy atom. The summed E-state index contributed by atoms with van der Waals surface area (Å²) in [7, 11) is 0. The summed E-state index contributed by atoms with van der Waals surface area (Å²) in [4.78, 5) is 0. The van der Waals surface area contributed by atoms with Gasteiger partial charge in [-0.2, -0.15) is 0 Å². The van der Waals surface area contributed by atoms with E-state index in [2.05, 4.69) is 127 Å². The van der Waals surface area contributed by atoms with Gasteiger partial charge in [0.15, 0.2) is 0 Å². The molecule has 5 aromatic rings. The molecule has 2 heterocycles. The summed E-state index contributed by atoms with van der Waals surface area (Å²) in [6, 6.07) is 42.4.